The van der Waals surface area contributed by atoms with Crippen molar-refractivity contribution >= 4 is 5.91 Å². The number of hydrogen-bond acceptors (Lipinski definition) is 4. The second-order valence-corrected chi connectivity index (χ2v) is 6.73. The molecule has 2 aromatic rings. The Bertz CT molecular complexity index is 724. The van der Waals surface area contributed by atoms with E-state index in [2.05, 4.69) is 14.5 Å². The summed E-state index contributed by atoms with van der Waals surface area (Å²) in [5, 5.41) is 0. The van der Waals surface area contributed by atoms with Crippen LogP contribution in [0.3, 0.4) is 0 Å². The Hall–Kier alpha value is -2.21. The van der Waals surface area contributed by atoms with Crippen molar-refractivity contribution in [2.24, 2.45) is 5.92 Å². The molecule has 0 unspecified atom stereocenters. The van der Waals surface area contributed by atoms with Crippen LogP contribution in [0.25, 0.3) is 0 Å². The lowest BCUT2D eigenvalue weighted by Crippen LogP contribution is -2.40. The van der Waals surface area contributed by atoms with Crippen LogP contribution in [0.2, 0.25) is 0 Å². The number of aromatic nitrogens is 3. The summed E-state index contributed by atoms with van der Waals surface area (Å²) in [6.07, 6.45) is 6.21. The number of carbonyl (C=O) groups is 1. The first-order chi connectivity index (χ1) is 11.8. The SMILES string of the molecule is COC[C@@H]1CN(C(=O)c2ccccn2)Cc2ncn(CC3CC3)c21. The molecule has 0 spiro atoms. The van der Waals surface area contributed by atoms with Gasteiger partial charge in [-0.3, -0.25) is 9.78 Å². The Labute approximate surface area is 141 Å². The Morgan fingerprint density at radius 3 is 2.92 bits per heavy atom. The fourth-order valence-corrected chi connectivity index (χ4v) is 3.49. The highest BCUT2D eigenvalue weighted by molar-refractivity contribution is 5.92. The summed E-state index contributed by atoms with van der Waals surface area (Å²) >= 11 is 0. The predicted molar refractivity (Wildman–Crippen MR) is 88.5 cm³/mol. The first-order valence-corrected chi connectivity index (χ1v) is 8.49. The minimum atomic E-state index is -0.0425. The van der Waals surface area contributed by atoms with Crippen molar-refractivity contribution in [2.45, 2.75) is 31.8 Å². The molecule has 6 nitrogen and oxygen atoms in total. The molecule has 1 saturated carbocycles. The zero-order chi connectivity index (χ0) is 16.5. The van der Waals surface area contributed by atoms with E-state index in [0.717, 1.165) is 18.2 Å². The molecule has 2 aliphatic rings. The van der Waals surface area contributed by atoms with Gasteiger partial charge in [0.2, 0.25) is 0 Å². The van der Waals surface area contributed by atoms with Crippen LogP contribution in [0.5, 0.6) is 0 Å². The van der Waals surface area contributed by atoms with Gasteiger partial charge in [0.05, 0.1) is 25.2 Å². The molecular formula is C18H22N4O2. The maximum Gasteiger partial charge on any atom is 0.272 e. The molecule has 0 bridgehead atoms. The standard InChI is InChI=1S/C18H22N4O2/c1-24-11-14-9-21(18(23)15-4-2-3-7-19-15)10-16-17(14)22(12-20-16)8-13-5-6-13/h2-4,7,12-14H,5-6,8-11H2,1H3/t14-/m0/s1. The number of methoxy groups -OCH3 is 1. The number of imidazole rings is 1. The number of amides is 1. The molecule has 1 aliphatic carbocycles. The zero-order valence-corrected chi connectivity index (χ0v) is 13.9. The highest BCUT2D eigenvalue weighted by Crippen LogP contribution is 2.34. The normalized spacial score (nSPS) is 20.0. The summed E-state index contributed by atoms with van der Waals surface area (Å²) < 4.78 is 7.70. The molecule has 0 radical (unpaired) electrons. The highest BCUT2D eigenvalue weighted by Gasteiger charge is 2.34. The molecule has 0 aromatic carbocycles. The summed E-state index contributed by atoms with van der Waals surface area (Å²) in [6, 6.07) is 5.42. The van der Waals surface area contributed by atoms with Crippen molar-refractivity contribution in [3.8, 4) is 0 Å². The number of ether oxygens (including phenoxy) is 1. The summed E-state index contributed by atoms with van der Waals surface area (Å²) in [5.74, 6) is 0.909. The van der Waals surface area contributed by atoms with Gasteiger partial charge in [0.15, 0.2) is 0 Å². The van der Waals surface area contributed by atoms with Crippen molar-refractivity contribution in [3.63, 3.8) is 0 Å². The average Bonchev–Trinajstić information content (AvgIpc) is 3.34. The monoisotopic (exact) mass is 326 g/mol. The molecule has 0 saturated heterocycles. The number of carbonyl (C=O) groups excluding carboxylic acids is 1. The Morgan fingerprint density at radius 1 is 1.33 bits per heavy atom. The van der Waals surface area contributed by atoms with Gasteiger partial charge in [-0.05, 0) is 30.9 Å². The fraction of sp³-hybridized carbons (Fsp3) is 0.500. The first-order valence-electron chi connectivity index (χ1n) is 8.49. The minimum absolute atomic E-state index is 0.0425. The average molecular weight is 326 g/mol. The van der Waals surface area contributed by atoms with Gasteiger partial charge in [-0.25, -0.2) is 4.98 Å². The van der Waals surface area contributed by atoms with E-state index < -0.39 is 0 Å². The lowest BCUT2D eigenvalue weighted by Gasteiger charge is -2.33. The summed E-state index contributed by atoms with van der Waals surface area (Å²) in [6.45, 7) is 2.82. The minimum Gasteiger partial charge on any atom is -0.384 e. The molecule has 24 heavy (non-hydrogen) atoms. The fourth-order valence-electron chi connectivity index (χ4n) is 3.49. The molecule has 126 valence electrons. The number of nitrogens with zero attached hydrogens (tertiary/aromatic N) is 4. The maximum atomic E-state index is 12.7. The summed E-state index contributed by atoms with van der Waals surface area (Å²) in [4.78, 5) is 23.4. The largest absolute Gasteiger partial charge is 0.384 e. The van der Waals surface area contributed by atoms with Crippen molar-refractivity contribution in [2.75, 3.05) is 20.3 Å². The van der Waals surface area contributed by atoms with Crippen LogP contribution in [0, 0.1) is 5.92 Å². The molecule has 0 N–H and O–H groups in total. The van der Waals surface area contributed by atoms with Gasteiger partial charge in [-0.1, -0.05) is 6.07 Å². The number of rotatable bonds is 5. The van der Waals surface area contributed by atoms with Crippen LogP contribution >= 0.6 is 0 Å². The molecule has 4 rings (SSSR count). The Morgan fingerprint density at radius 2 is 2.21 bits per heavy atom. The second-order valence-electron chi connectivity index (χ2n) is 6.73. The lowest BCUT2D eigenvalue weighted by molar-refractivity contribution is 0.0666. The molecule has 3 heterocycles. The Balaban J connectivity index is 1.60. The highest BCUT2D eigenvalue weighted by atomic mass is 16.5. The van der Waals surface area contributed by atoms with E-state index in [1.54, 1.807) is 19.4 Å². The molecule has 1 fully saturated rings. The van der Waals surface area contributed by atoms with Gasteiger partial charge in [-0.2, -0.15) is 0 Å². The van der Waals surface area contributed by atoms with E-state index in [9.17, 15) is 4.79 Å². The Kier molecular flexibility index (Phi) is 4.06. The quantitative estimate of drug-likeness (QED) is 0.844. The van der Waals surface area contributed by atoms with Crippen molar-refractivity contribution in [3.05, 3.63) is 47.8 Å². The maximum absolute atomic E-state index is 12.7. The molecule has 1 amide bonds. The lowest BCUT2D eigenvalue weighted by atomic mass is 9.98. The number of hydrogen-bond donors (Lipinski definition) is 0. The first kappa shape index (κ1) is 15.3. The van der Waals surface area contributed by atoms with E-state index in [4.69, 9.17) is 4.74 Å². The number of fused-ring (bicyclic) bond motifs is 1. The van der Waals surface area contributed by atoms with E-state index in [-0.39, 0.29) is 11.8 Å². The molecule has 1 aliphatic heterocycles. The van der Waals surface area contributed by atoms with Gasteiger partial charge >= 0.3 is 0 Å². The van der Waals surface area contributed by atoms with E-state index in [0.29, 0.717) is 25.4 Å². The van der Waals surface area contributed by atoms with Crippen LogP contribution < -0.4 is 0 Å². The van der Waals surface area contributed by atoms with Gasteiger partial charge in [-0.15, -0.1) is 0 Å². The van der Waals surface area contributed by atoms with Gasteiger partial charge in [0.1, 0.15) is 5.69 Å². The van der Waals surface area contributed by atoms with Gasteiger partial charge < -0.3 is 14.2 Å². The zero-order valence-electron chi connectivity index (χ0n) is 13.9. The van der Waals surface area contributed by atoms with Crippen LogP contribution in [-0.2, 0) is 17.8 Å². The van der Waals surface area contributed by atoms with E-state index in [1.807, 2.05) is 23.4 Å². The smallest absolute Gasteiger partial charge is 0.272 e. The number of pyridine rings is 1. The van der Waals surface area contributed by atoms with Gasteiger partial charge in [0, 0.05) is 38.0 Å². The third-order valence-corrected chi connectivity index (χ3v) is 4.82. The van der Waals surface area contributed by atoms with Gasteiger partial charge in [0.25, 0.3) is 5.91 Å². The molecular weight excluding hydrogens is 304 g/mol. The van der Waals surface area contributed by atoms with Crippen LogP contribution in [0.1, 0.15) is 40.6 Å². The van der Waals surface area contributed by atoms with E-state index >= 15 is 0 Å². The van der Waals surface area contributed by atoms with Crippen molar-refractivity contribution < 1.29 is 9.53 Å². The third-order valence-electron chi connectivity index (χ3n) is 4.82. The van der Waals surface area contributed by atoms with Crippen molar-refractivity contribution in [1.82, 2.24) is 19.4 Å². The summed E-state index contributed by atoms with van der Waals surface area (Å²) in [7, 11) is 1.71. The molecule has 6 heteroatoms. The molecule has 1 atom stereocenters. The van der Waals surface area contributed by atoms with E-state index in [1.165, 1.54) is 18.5 Å². The van der Waals surface area contributed by atoms with Crippen molar-refractivity contribution in [1.29, 1.82) is 0 Å². The second kappa shape index (κ2) is 6.36. The van der Waals surface area contributed by atoms with Crippen LogP contribution in [-0.4, -0.2) is 45.6 Å². The summed E-state index contributed by atoms with van der Waals surface area (Å²) in [5.41, 5.74) is 2.72. The van der Waals surface area contributed by atoms with Crippen LogP contribution in [0.15, 0.2) is 30.7 Å². The van der Waals surface area contributed by atoms with Crippen LogP contribution in [0.4, 0.5) is 0 Å². The predicted octanol–water partition coefficient (Wildman–Crippen LogP) is 2.07. The molecule has 2 aromatic heterocycles. The topological polar surface area (TPSA) is 60.2 Å². The third kappa shape index (κ3) is 2.94.